The van der Waals surface area contributed by atoms with E-state index >= 15 is 0 Å². The first-order valence-electron chi connectivity index (χ1n) is 15.5. The summed E-state index contributed by atoms with van der Waals surface area (Å²) in [7, 11) is 1.32. The Morgan fingerprint density at radius 3 is 1.36 bits per heavy atom. The normalized spacial score (nSPS) is 18.6. The van der Waals surface area contributed by atoms with Crippen molar-refractivity contribution in [2.24, 2.45) is 11.8 Å². The van der Waals surface area contributed by atoms with Crippen molar-refractivity contribution in [1.82, 2.24) is 19.6 Å². The SMILES string of the molecule is CC[C@H](C)[C@@H](C(=O)O)N1CCN(C(=O)OC(C)(C)C)CC1=O.CC[C@H](C)[C@@H](C(=O)OC)N1CCN(C(=O)OC(C)(C)C)CC1=O. The van der Waals surface area contributed by atoms with Crippen LogP contribution in [0.4, 0.5) is 9.59 Å². The predicted octanol–water partition coefficient (Wildman–Crippen LogP) is 3.22. The predicted molar refractivity (Wildman–Crippen MR) is 165 cm³/mol. The zero-order valence-corrected chi connectivity index (χ0v) is 28.9. The van der Waals surface area contributed by atoms with Crippen LogP contribution < -0.4 is 0 Å². The van der Waals surface area contributed by atoms with E-state index in [1.54, 1.807) is 41.5 Å². The summed E-state index contributed by atoms with van der Waals surface area (Å²) in [5.41, 5.74) is -1.24. The van der Waals surface area contributed by atoms with Crippen molar-refractivity contribution >= 4 is 35.9 Å². The van der Waals surface area contributed by atoms with Gasteiger partial charge in [-0.25, -0.2) is 19.2 Å². The minimum atomic E-state index is -1.01. The van der Waals surface area contributed by atoms with Crippen LogP contribution in [0.25, 0.3) is 0 Å². The van der Waals surface area contributed by atoms with Crippen molar-refractivity contribution in [2.45, 2.75) is 105 Å². The average Bonchev–Trinajstić information content (AvgIpc) is 2.92. The van der Waals surface area contributed by atoms with Gasteiger partial charge in [0.2, 0.25) is 11.8 Å². The van der Waals surface area contributed by atoms with Gasteiger partial charge in [0.05, 0.1) is 7.11 Å². The van der Waals surface area contributed by atoms with Crippen molar-refractivity contribution in [2.75, 3.05) is 46.4 Å². The zero-order chi connectivity index (χ0) is 34.9. The number of aliphatic carboxylic acids is 1. The Morgan fingerprint density at radius 2 is 1.07 bits per heavy atom. The minimum Gasteiger partial charge on any atom is -0.480 e. The number of nitrogens with zero attached hydrogens (tertiary/aromatic N) is 4. The molecule has 14 nitrogen and oxygen atoms in total. The van der Waals surface area contributed by atoms with Gasteiger partial charge in [0, 0.05) is 26.2 Å². The van der Waals surface area contributed by atoms with E-state index in [-0.39, 0.29) is 49.8 Å². The molecule has 2 fully saturated rings. The number of hydrogen-bond donors (Lipinski definition) is 1. The first-order chi connectivity index (χ1) is 20.7. The molecule has 4 amide bonds. The fourth-order valence-corrected chi connectivity index (χ4v) is 4.84. The van der Waals surface area contributed by atoms with E-state index < -0.39 is 47.4 Å². The number of piperazine rings is 2. The van der Waals surface area contributed by atoms with Crippen LogP contribution >= 0.6 is 0 Å². The summed E-state index contributed by atoms with van der Waals surface area (Å²) in [5, 5.41) is 9.37. The van der Waals surface area contributed by atoms with Crippen LogP contribution in [0, 0.1) is 11.8 Å². The van der Waals surface area contributed by atoms with Crippen LogP contribution in [0.1, 0.15) is 82.1 Å². The number of rotatable bonds is 8. The summed E-state index contributed by atoms with van der Waals surface area (Å²) in [6.07, 6.45) is 0.357. The van der Waals surface area contributed by atoms with Crippen molar-refractivity contribution in [1.29, 1.82) is 0 Å². The van der Waals surface area contributed by atoms with Crippen molar-refractivity contribution in [3.8, 4) is 0 Å². The Bertz CT molecular complexity index is 1070. The average molecular weight is 643 g/mol. The topological polar surface area (TPSA) is 163 Å². The summed E-state index contributed by atoms with van der Waals surface area (Å²) >= 11 is 0. The Morgan fingerprint density at radius 1 is 0.711 bits per heavy atom. The highest BCUT2D eigenvalue weighted by Gasteiger charge is 2.40. The first-order valence-corrected chi connectivity index (χ1v) is 15.5. The first kappa shape index (κ1) is 39.4. The van der Waals surface area contributed by atoms with Gasteiger partial charge in [-0.05, 0) is 53.4 Å². The van der Waals surface area contributed by atoms with Crippen LogP contribution in [-0.2, 0) is 33.4 Å². The summed E-state index contributed by atoms with van der Waals surface area (Å²) in [4.78, 5) is 77.8. The van der Waals surface area contributed by atoms with Gasteiger partial charge in [-0.2, -0.15) is 0 Å². The van der Waals surface area contributed by atoms with Crippen molar-refractivity contribution < 1.29 is 48.1 Å². The highest BCUT2D eigenvalue weighted by Crippen LogP contribution is 2.21. The summed E-state index contributed by atoms with van der Waals surface area (Å²) < 4.78 is 15.4. The van der Waals surface area contributed by atoms with Crippen LogP contribution in [0.5, 0.6) is 0 Å². The zero-order valence-electron chi connectivity index (χ0n) is 28.9. The lowest BCUT2D eigenvalue weighted by molar-refractivity contribution is -0.157. The molecule has 2 aliphatic rings. The molecule has 2 aliphatic heterocycles. The molecule has 1 N–H and O–H groups in total. The van der Waals surface area contributed by atoms with Crippen LogP contribution in [0.3, 0.4) is 0 Å². The van der Waals surface area contributed by atoms with Gasteiger partial charge in [0.25, 0.3) is 0 Å². The molecule has 258 valence electrons. The van der Waals surface area contributed by atoms with Gasteiger partial charge in [-0.15, -0.1) is 0 Å². The van der Waals surface area contributed by atoms with Crippen LogP contribution in [-0.4, -0.2) is 130 Å². The molecular formula is C31H54N4O10. The largest absolute Gasteiger partial charge is 0.480 e. The number of ether oxygens (including phenoxy) is 3. The van der Waals surface area contributed by atoms with E-state index in [1.807, 2.05) is 27.7 Å². The highest BCUT2D eigenvalue weighted by atomic mass is 16.6. The molecule has 2 saturated heterocycles. The van der Waals surface area contributed by atoms with Gasteiger partial charge in [0.15, 0.2) is 0 Å². The highest BCUT2D eigenvalue weighted by molar-refractivity contribution is 5.89. The maximum atomic E-state index is 12.4. The Kier molecular flexibility index (Phi) is 14.6. The van der Waals surface area contributed by atoms with Gasteiger partial charge in [0.1, 0.15) is 36.4 Å². The molecule has 0 spiro atoms. The molecule has 2 heterocycles. The molecule has 2 rings (SSSR count). The molecule has 0 bridgehead atoms. The molecule has 0 aromatic heterocycles. The quantitative estimate of drug-likeness (QED) is 0.307. The molecule has 0 unspecified atom stereocenters. The Hall–Kier alpha value is -3.58. The third-order valence-corrected chi connectivity index (χ3v) is 7.55. The fourth-order valence-electron chi connectivity index (χ4n) is 4.84. The smallest absolute Gasteiger partial charge is 0.410 e. The molecule has 14 heteroatoms. The Balaban J connectivity index is 0.000000450. The van der Waals surface area contributed by atoms with Gasteiger partial charge >= 0.3 is 24.1 Å². The number of esters is 1. The second kappa shape index (κ2) is 16.6. The van der Waals surface area contributed by atoms with E-state index in [0.29, 0.717) is 19.5 Å². The minimum absolute atomic E-state index is 0.0144. The van der Waals surface area contributed by atoms with E-state index in [1.165, 1.54) is 26.7 Å². The van der Waals surface area contributed by atoms with Gasteiger partial charge in [-0.3, -0.25) is 19.4 Å². The van der Waals surface area contributed by atoms with Crippen molar-refractivity contribution in [3.63, 3.8) is 0 Å². The monoisotopic (exact) mass is 642 g/mol. The number of carboxylic acids is 1. The third-order valence-electron chi connectivity index (χ3n) is 7.55. The molecule has 0 aromatic carbocycles. The van der Waals surface area contributed by atoms with E-state index in [0.717, 1.165) is 6.42 Å². The second-order valence-corrected chi connectivity index (χ2v) is 13.5. The lowest BCUT2D eigenvalue weighted by atomic mass is 9.97. The summed E-state index contributed by atoms with van der Waals surface area (Å²) in [5.74, 6) is -2.21. The molecule has 0 aromatic rings. The maximum absolute atomic E-state index is 12.4. The second-order valence-electron chi connectivity index (χ2n) is 13.5. The molecule has 0 saturated carbocycles. The number of methoxy groups -OCH3 is 1. The van der Waals surface area contributed by atoms with Crippen molar-refractivity contribution in [3.05, 3.63) is 0 Å². The van der Waals surface area contributed by atoms with Crippen LogP contribution in [0.15, 0.2) is 0 Å². The molecule has 0 aliphatic carbocycles. The summed E-state index contributed by atoms with van der Waals surface area (Å²) in [6, 6.07) is -1.46. The molecular weight excluding hydrogens is 588 g/mol. The molecule has 4 atom stereocenters. The lowest BCUT2D eigenvalue weighted by Crippen LogP contribution is -2.59. The Labute approximate surface area is 267 Å². The lowest BCUT2D eigenvalue weighted by Gasteiger charge is -2.39. The number of carbonyl (C=O) groups excluding carboxylic acids is 5. The number of hydrogen-bond acceptors (Lipinski definition) is 9. The standard InChI is InChI=1S/C16H28N2O5.C15H26N2O5/c1-7-11(2)13(14(20)22-6)18-9-8-17(10-12(18)19)15(21)23-16(3,4)5;1-6-10(2)12(13(19)20)17-8-7-16(9-11(17)18)14(21)22-15(3,4)5/h11,13H,7-10H2,1-6H3;10,12H,6-9H2,1-5H3,(H,19,20)/t11-,13-;10-,12-/m00/s1. The van der Waals surface area contributed by atoms with Crippen LogP contribution in [0.2, 0.25) is 0 Å². The number of amides is 4. The maximum Gasteiger partial charge on any atom is 0.410 e. The van der Waals surface area contributed by atoms with Gasteiger partial charge in [-0.1, -0.05) is 40.5 Å². The van der Waals surface area contributed by atoms with E-state index in [2.05, 4.69) is 0 Å². The number of carbonyl (C=O) groups is 6. The molecule has 45 heavy (non-hydrogen) atoms. The van der Waals surface area contributed by atoms with Gasteiger partial charge < -0.3 is 29.1 Å². The fraction of sp³-hybridized carbons (Fsp3) is 0.806. The van der Waals surface area contributed by atoms with E-state index in [4.69, 9.17) is 14.2 Å². The summed E-state index contributed by atoms with van der Waals surface area (Å²) in [6.45, 7) is 19.1. The van der Waals surface area contributed by atoms with E-state index in [9.17, 15) is 33.9 Å². The third kappa shape index (κ3) is 12.0. The molecule has 0 radical (unpaired) electrons. The number of carboxylic acid groups (broad SMARTS) is 1.